The molecule has 0 amide bonds. The number of rotatable bonds is 9. The first-order valence-electron chi connectivity index (χ1n) is 11.7. The molecule has 0 spiro atoms. The number of halogens is 1. The van der Waals surface area contributed by atoms with Gasteiger partial charge < -0.3 is 25.2 Å². The van der Waals surface area contributed by atoms with Crippen molar-refractivity contribution in [3.05, 3.63) is 53.2 Å². The first-order chi connectivity index (χ1) is 15.6. The molecule has 1 aliphatic heterocycles. The Bertz CT molecular complexity index is 866. The van der Waals surface area contributed by atoms with Gasteiger partial charge in [0, 0.05) is 51.0 Å². The molecule has 1 aromatic carbocycles. The number of benzene rings is 1. The van der Waals surface area contributed by atoms with E-state index in [0.717, 1.165) is 74.4 Å². The van der Waals surface area contributed by atoms with Crippen LogP contribution in [-0.4, -0.2) is 62.2 Å². The minimum atomic E-state index is 0. The van der Waals surface area contributed by atoms with E-state index in [1.54, 1.807) is 0 Å². The van der Waals surface area contributed by atoms with E-state index < -0.39 is 0 Å². The highest BCUT2D eigenvalue weighted by Gasteiger charge is 2.15. The zero-order valence-corrected chi connectivity index (χ0v) is 22.8. The van der Waals surface area contributed by atoms with Gasteiger partial charge in [-0.25, -0.2) is 9.98 Å². The highest BCUT2D eigenvalue weighted by atomic mass is 127. The van der Waals surface area contributed by atoms with Crippen molar-refractivity contribution < 1.29 is 4.74 Å². The maximum atomic E-state index is 5.94. The molecule has 2 aromatic rings. The van der Waals surface area contributed by atoms with Crippen molar-refractivity contribution in [3.63, 3.8) is 0 Å². The molecule has 0 bridgehead atoms. The van der Waals surface area contributed by atoms with E-state index in [4.69, 9.17) is 9.73 Å². The average molecular weight is 567 g/mol. The SMILES string of the molecule is CCCOc1cc(C)ccc1CNC(=NCc1ccc(N2CCN(C)CC2)nc1)NCC.I. The van der Waals surface area contributed by atoms with Gasteiger partial charge in [0.25, 0.3) is 0 Å². The second kappa shape index (κ2) is 14.2. The third-order valence-electron chi connectivity index (χ3n) is 5.53. The molecule has 1 fully saturated rings. The summed E-state index contributed by atoms with van der Waals surface area (Å²) in [5.41, 5.74) is 3.43. The quantitative estimate of drug-likeness (QED) is 0.274. The average Bonchev–Trinajstić information content (AvgIpc) is 2.81. The second-order valence-corrected chi connectivity index (χ2v) is 8.32. The molecule has 0 radical (unpaired) electrons. The molecule has 182 valence electrons. The summed E-state index contributed by atoms with van der Waals surface area (Å²) in [6.45, 7) is 13.3. The highest BCUT2D eigenvalue weighted by molar-refractivity contribution is 14.0. The van der Waals surface area contributed by atoms with Crippen molar-refractivity contribution in [2.45, 2.75) is 40.3 Å². The number of likely N-dealkylation sites (N-methyl/N-ethyl adjacent to an activating group) is 1. The van der Waals surface area contributed by atoms with E-state index in [2.05, 4.69) is 83.6 Å². The molecular formula is C25H39IN6O. The number of aryl methyl sites for hydroxylation is 1. The van der Waals surface area contributed by atoms with Gasteiger partial charge in [0.05, 0.1) is 13.2 Å². The Morgan fingerprint density at radius 3 is 2.55 bits per heavy atom. The Kier molecular flexibility index (Phi) is 11.7. The van der Waals surface area contributed by atoms with E-state index in [1.807, 2.05) is 6.20 Å². The Labute approximate surface area is 216 Å². The first-order valence-corrected chi connectivity index (χ1v) is 11.7. The van der Waals surface area contributed by atoms with Crippen LogP contribution in [0.3, 0.4) is 0 Å². The Balaban J connectivity index is 0.00000385. The summed E-state index contributed by atoms with van der Waals surface area (Å²) in [5.74, 6) is 2.78. The molecule has 0 aliphatic carbocycles. The molecule has 33 heavy (non-hydrogen) atoms. The molecule has 0 saturated carbocycles. The largest absolute Gasteiger partial charge is 0.493 e. The summed E-state index contributed by atoms with van der Waals surface area (Å²) in [4.78, 5) is 14.1. The van der Waals surface area contributed by atoms with E-state index in [0.29, 0.717) is 13.1 Å². The Morgan fingerprint density at radius 2 is 1.88 bits per heavy atom. The number of aliphatic imine (C=N–C) groups is 1. The number of aromatic nitrogens is 1. The minimum absolute atomic E-state index is 0. The summed E-state index contributed by atoms with van der Waals surface area (Å²) in [6.07, 6.45) is 2.93. The predicted molar refractivity (Wildman–Crippen MR) is 148 cm³/mol. The molecule has 1 aliphatic rings. The molecule has 1 saturated heterocycles. The van der Waals surface area contributed by atoms with Crippen LogP contribution < -0.4 is 20.3 Å². The topological polar surface area (TPSA) is 65.0 Å². The summed E-state index contributed by atoms with van der Waals surface area (Å²) < 4.78 is 5.94. The Hall–Kier alpha value is -2.07. The number of nitrogens with zero attached hydrogens (tertiary/aromatic N) is 4. The first kappa shape index (κ1) is 27.2. The number of guanidine groups is 1. The van der Waals surface area contributed by atoms with Crippen LogP contribution in [0.5, 0.6) is 5.75 Å². The molecule has 8 heteroatoms. The van der Waals surface area contributed by atoms with Gasteiger partial charge in [-0.3, -0.25) is 0 Å². The maximum absolute atomic E-state index is 5.94. The van der Waals surface area contributed by atoms with Crippen LogP contribution >= 0.6 is 24.0 Å². The van der Waals surface area contributed by atoms with Crippen LogP contribution in [0.2, 0.25) is 0 Å². The number of anilines is 1. The number of nitrogens with one attached hydrogen (secondary N) is 2. The van der Waals surface area contributed by atoms with Crippen molar-refractivity contribution in [1.82, 2.24) is 20.5 Å². The van der Waals surface area contributed by atoms with Gasteiger partial charge in [-0.2, -0.15) is 0 Å². The second-order valence-electron chi connectivity index (χ2n) is 8.32. The van der Waals surface area contributed by atoms with Crippen LogP contribution in [0.15, 0.2) is 41.5 Å². The molecule has 7 nitrogen and oxygen atoms in total. The summed E-state index contributed by atoms with van der Waals surface area (Å²) in [6, 6.07) is 10.6. The van der Waals surface area contributed by atoms with Crippen molar-refractivity contribution >= 4 is 35.8 Å². The fourth-order valence-corrected chi connectivity index (χ4v) is 3.58. The predicted octanol–water partition coefficient (Wildman–Crippen LogP) is 3.80. The number of hydrogen-bond donors (Lipinski definition) is 2. The standard InChI is InChI=1S/C25H38N6O.HI/c1-5-15-32-23-16-20(3)7-9-22(23)19-29-25(26-6-2)28-18-21-8-10-24(27-17-21)31-13-11-30(4)12-14-31;/h7-10,16-17H,5-6,11-15,18-19H2,1-4H3,(H2,26,28,29);1H. The minimum Gasteiger partial charge on any atom is -0.493 e. The van der Waals surface area contributed by atoms with Gasteiger partial charge in [-0.05, 0) is 50.6 Å². The van der Waals surface area contributed by atoms with E-state index in [-0.39, 0.29) is 24.0 Å². The molecule has 0 unspecified atom stereocenters. The fourth-order valence-electron chi connectivity index (χ4n) is 3.58. The smallest absolute Gasteiger partial charge is 0.191 e. The lowest BCUT2D eigenvalue weighted by Gasteiger charge is -2.33. The lowest BCUT2D eigenvalue weighted by molar-refractivity contribution is 0.312. The third kappa shape index (κ3) is 8.66. The number of pyridine rings is 1. The molecule has 2 N–H and O–H groups in total. The van der Waals surface area contributed by atoms with E-state index in [1.165, 1.54) is 5.56 Å². The Morgan fingerprint density at radius 1 is 1.09 bits per heavy atom. The highest BCUT2D eigenvalue weighted by Crippen LogP contribution is 2.20. The van der Waals surface area contributed by atoms with Crippen LogP contribution in [-0.2, 0) is 13.1 Å². The summed E-state index contributed by atoms with van der Waals surface area (Å²) in [7, 11) is 2.17. The monoisotopic (exact) mass is 566 g/mol. The zero-order chi connectivity index (χ0) is 22.8. The van der Waals surface area contributed by atoms with Crippen molar-refractivity contribution in [3.8, 4) is 5.75 Å². The van der Waals surface area contributed by atoms with Gasteiger partial charge in [0.15, 0.2) is 5.96 Å². The number of hydrogen-bond acceptors (Lipinski definition) is 5. The van der Waals surface area contributed by atoms with Crippen LogP contribution in [0.25, 0.3) is 0 Å². The summed E-state index contributed by atoms with van der Waals surface area (Å²) in [5, 5.41) is 6.77. The van der Waals surface area contributed by atoms with Crippen LogP contribution in [0.1, 0.15) is 37.0 Å². The van der Waals surface area contributed by atoms with Gasteiger partial charge in [0.2, 0.25) is 0 Å². The van der Waals surface area contributed by atoms with Gasteiger partial charge in [0.1, 0.15) is 11.6 Å². The van der Waals surface area contributed by atoms with Gasteiger partial charge in [-0.15, -0.1) is 24.0 Å². The van der Waals surface area contributed by atoms with Crippen molar-refractivity contribution in [2.24, 2.45) is 4.99 Å². The van der Waals surface area contributed by atoms with E-state index in [9.17, 15) is 0 Å². The van der Waals surface area contributed by atoms with Crippen LogP contribution in [0, 0.1) is 6.92 Å². The van der Waals surface area contributed by atoms with Gasteiger partial charge in [-0.1, -0.05) is 25.1 Å². The van der Waals surface area contributed by atoms with Crippen molar-refractivity contribution in [2.75, 3.05) is 51.3 Å². The zero-order valence-electron chi connectivity index (χ0n) is 20.4. The molecular weight excluding hydrogens is 527 g/mol. The molecule has 3 rings (SSSR count). The molecule has 2 heterocycles. The lowest BCUT2D eigenvalue weighted by Crippen LogP contribution is -2.44. The van der Waals surface area contributed by atoms with Gasteiger partial charge >= 0.3 is 0 Å². The molecule has 1 aromatic heterocycles. The van der Waals surface area contributed by atoms with E-state index >= 15 is 0 Å². The fraction of sp³-hybridized carbons (Fsp3) is 0.520. The normalized spacial score (nSPS) is 14.5. The number of piperazine rings is 1. The summed E-state index contributed by atoms with van der Waals surface area (Å²) >= 11 is 0. The van der Waals surface area contributed by atoms with Crippen LogP contribution in [0.4, 0.5) is 5.82 Å². The third-order valence-corrected chi connectivity index (χ3v) is 5.53. The maximum Gasteiger partial charge on any atom is 0.191 e. The molecule has 0 atom stereocenters. The van der Waals surface area contributed by atoms with Crippen molar-refractivity contribution in [1.29, 1.82) is 0 Å². The lowest BCUT2D eigenvalue weighted by atomic mass is 10.1. The number of ether oxygens (including phenoxy) is 1.